The zero-order valence-corrected chi connectivity index (χ0v) is 10.7. The summed E-state index contributed by atoms with van der Waals surface area (Å²) in [6, 6.07) is 16.4. The van der Waals surface area contributed by atoms with Crippen molar-refractivity contribution in [3.05, 3.63) is 59.7 Å². The van der Waals surface area contributed by atoms with Gasteiger partial charge in [-0.1, -0.05) is 18.2 Å². The van der Waals surface area contributed by atoms with Gasteiger partial charge < -0.3 is 10.1 Å². The summed E-state index contributed by atoms with van der Waals surface area (Å²) in [5.74, 6) is 0.596. The predicted molar refractivity (Wildman–Crippen MR) is 74.3 cm³/mol. The maximum absolute atomic E-state index is 12.1. The van der Waals surface area contributed by atoms with Crippen molar-refractivity contribution in [3.63, 3.8) is 0 Å². The van der Waals surface area contributed by atoms with Gasteiger partial charge in [0, 0.05) is 12.1 Å². The van der Waals surface area contributed by atoms with Crippen molar-refractivity contribution in [1.82, 2.24) is 0 Å². The van der Waals surface area contributed by atoms with Gasteiger partial charge in [0.2, 0.25) is 0 Å². The maximum Gasteiger partial charge on any atom is 0.265 e. The van der Waals surface area contributed by atoms with Crippen LogP contribution in [0.2, 0.25) is 0 Å². The Balaban J connectivity index is 1.68. The van der Waals surface area contributed by atoms with E-state index < -0.39 is 6.10 Å². The summed E-state index contributed by atoms with van der Waals surface area (Å²) < 4.78 is 5.62. The van der Waals surface area contributed by atoms with Crippen LogP contribution < -0.4 is 10.1 Å². The minimum absolute atomic E-state index is 0.175. The van der Waals surface area contributed by atoms with Crippen molar-refractivity contribution in [1.29, 1.82) is 5.26 Å². The van der Waals surface area contributed by atoms with E-state index in [9.17, 15) is 4.79 Å². The quantitative estimate of drug-likeness (QED) is 0.906. The van der Waals surface area contributed by atoms with Gasteiger partial charge in [-0.3, -0.25) is 4.79 Å². The van der Waals surface area contributed by atoms with Crippen LogP contribution in [-0.4, -0.2) is 12.0 Å². The summed E-state index contributed by atoms with van der Waals surface area (Å²) in [6.07, 6.45) is 0.0845. The molecule has 1 aliphatic rings. The van der Waals surface area contributed by atoms with E-state index in [-0.39, 0.29) is 5.91 Å². The Labute approximate surface area is 116 Å². The minimum atomic E-state index is -0.497. The first-order chi connectivity index (χ1) is 9.76. The summed E-state index contributed by atoms with van der Waals surface area (Å²) in [5.41, 5.74) is 2.27. The number of carbonyl (C=O) groups is 1. The van der Waals surface area contributed by atoms with Crippen molar-refractivity contribution in [2.24, 2.45) is 0 Å². The second-order valence-corrected chi connectivity index (χ2v) is 4.60. The number of para-hydroxylation sites is 1. The number of benzene rings is 2. The van der Waals surface area contributed by atoms with Gasteiger partial charge in [-0.05, 0) is 35.9 Å². The minimum Gasteiger partial charge on any atom is -0.480 e. The summed E-state index contributed by atoms with van der Waals surface area (Å²) in [7, 11) is 0. The van der Waals surface area contributed by atoms with Gasteiger partial charge in [0.05, 0.1) is 11.6 Å². The lowest BCUT2D eigenvalue weighted by molar-refractivity contribution is -0.122. The molecular weight excluding hydrogens is 252 g/mol. The lowest BCUT2D eigenvalue weighted by Crippen LogP contribution is -2.31. The number of rotatable bonds is 2. The van der Waals surface area contributed by atoms with E-state index in [4.69, 9.17) is 10.00 Å². The van der Waals surface area contributed by atoms with Crippen LogP contribution in [0.5, 0.6) is 5.75 Å². The van der Waals surface area contributed by atoms with Crippen molar-refractivity contribution in [3.8, 4) is 11.8 Å². The second kappa shape index (κ2) is 5.06. The van der Waals surface area contributed by atoms with E-state index in [2.05, 4.69) is 5.32 Å². The lowest BCUT2D eigenvalue weighted by atomic mass is 10.1. The third-order valence-electron chi connectivity index (χ3n) is 3.22. The molecule has 0 spiro atoms. The fourth-order valence-corrected chi connectivity index (χ4v) is 2.18. The molecule has 0 aromatic heterocycles. The fraction of sp³-hybridized carbons (Fsp3) is 0.125. The van der Waals surface area contributed by atoms with Crippen LogP contribution >= 0.6 is 0 Å². The highest BCUT2D eigenvalue weighted by Crippen LogP contribution is 2.28. The molecule has 2 aromatic rings. The highest BCUT2D eigenvalue weighted by molar-refractivity contribution is 5.95. The smallest absolute Gasteiger partial charge is 0.265 e. The molecule has 4 heteroatoms. The van der Waals surface area contributed by atoms with Gasteiger partial charge in [0.25, 0.3) is 5.91 Å². The summed E-state index contributed by atoms with van der Waals surface area (Å²) in [4.78, 5) is 12.1. The molecular formula is C16H12N2O2. The summed E-state index contributed by atoms with van der Waals surface area (Å²) >= 11 is 0. The zero-order valence-electron chi connectivity index (χ0n) is 10.7. The van der Waals surface area contributed by atoms with Gasteiger partial charge in [-0.15, -0.1) is 0 Å². The van der Waals surface area contributed by atoms with Gasteiger partial charge in [-0.2, -0.15) is 5.26 Å². The Bertz CT molecular complexity index is 661. The van der Waals surface area contributed by atoms with E-state index in [0.29, 0.717) is 17.7 Å². The average Bonchev–Trinajstić information content (AvgIpc) is 2.92. The Morgan fingerprint density at radius 2 is 1.95 bits per heavy atom. The predicted octanol–water partition coefficient (Wildman–Crippen LogP) is 2.50. The van der Waals surface area contributed by atoms with Crippen LogP contribution in [0, 0.1) is 11.3 Å². The first-order valence-corrected chi connectivity index (χ1v) is 6.32. The standard InChI is InChI=1S/C16H12N2O2/c17-10-11-5-7-13(8-6-11)18-16(19)15-9-12-3-1-2-4-14(12)20-15/h1-8,15H,9H2,(H,18,19)/t15-/m0/s1. The number of nitrogens with one attached hydrogen (secondary N) is 1. The molecule has 0 aliphatic carbocycles. The van der Waals surface area contributed by atoms with Crippen LogP contribution in [0.15, 0.2) is 48.5 Å². The van der Waals surface area contributed by atoms with E-state index >= 15 is 0 Å². The first kappa shape index (κ1) is 12.2. The highest BCUT2D eigenvalue weighted by Gasteiger charge is 2.28. The highest BCUT2D eigenvalue weighted by atomic mass is 16.5. The lowest BCUT2D eigenvalue weighted by Gasteiger charge is -2.11. The third kappa shape index (κ3) is 2.34. The molecule has 1 N–H and O–H groups in total. The molecule has 0 saturated carbocycles. The van der Waals surface area contributed by atoms with Crippen LogP contribution in [0.25, 0.3) is 0 Å². The molecule has 20 heavy (non-hydrogen) atoms. The largest absolute Gasteiger partial charge is 0.480 e. The van der Waals surface area contributed by atoms with Crippen LogP contribution in [0.1, 0.15) is 11.1 Å². The third-order valence-corrected chi connectivity index (χ3v) is 3.22. The Morgan fingerprint density at radius 3 is 2.65 bits per heavy atom. The van der Waals surface area contributed by atoms with E-state index in [1.165, 1.54) is 0 Å². The SMILES string of the molecule is N#Cc1ccc(NC(=O)[C@@H]2Cc3ccccc3O2)cc1. The molecule has 4 nitrogen and oxygen atoms in total. The Hall–Kier alpha value is -2.80. The maximum atomic E-state index is 12.1. The number of amides is 1. The van der Waals surface area contributed by atoms with E-state index in [1.54, 1.807) is 24.3 Å². The first-order valence-electron chi connectivity index (χ1n) is 6.32. The molecule has 1 heterocycles. The second-order valence-electron chi connectivity index (χ2n) is 4.60. The number of fused-ring (bicyclic) bond motifs is 1. The number of anilines is 1. The van der Waals surface area contributed by atoms with Crippen molar-refractivity contribution >= 4 is 11.6 Å². The Morgan fingerprint density at radius 1 is 1.20 bits per heavy atom. The molecule has 1 amide bonds. The number of ether oxygens (including phenoxy) is 1. The molecule has 0 bridgehead atoms. The molecule has 0 unspecified atom stereocenters. The molecule has 2 aromatic carbocycles. The number of hydrogen-bond acceptors (Lipinski definition) is 3. The zero-order chi connectivity index (χ0) is 13.9. The molecule has 0 fully saturated rings. The average molecular weight is 264 g/mol. The van der Waals surface area contributed by atoms with Gasteiger partial charge >= 0.3 is 0 Å². The summed E-state index contributed by atoms with van der Waals surface area (Å²) in [5, 5.41) is 11.5. The van der Waals surface area contributed by atoms with Gasteiger partial charge in [0.15, 0.2) is 6.10 Å². The number of carbonyl (C=O) groups excluding carboxylic acids is 1. The van der Waals surface area contributed by atoms with Gasteiger partial charge in [-0.25, -0.2) is 0 Å². The van der Waals surface area contributed by atoms with Crippen LogP contribution in [0.4, 0.5) is 5.69 Å². The van der Waals surface area contributed by atoms with Crippen molar-refractivity contribution in [2.45, 2.75) is 12.5 Å². The van der Waals surface area contributed by atoms with Gasteiger partial charge in [0.1, 0.15) is 5.75 Å². The topological polar surface area (TPSA) is 62.1 Å². The number of nitrogens with zero attached hydrogens (tertiary/aromatic N) is 1. The van der Waals surface area contributed by atoms with E-state index in [0.717, 1.165) is 11.3 Å². The molecule has 0 saturated heterocycles. The van der Waals surface area contributed by atoms with Crippen LogP contribution in [-0.2, 0) is 11.2 Å². The number of hydrogen-bond donors (Lipinski definition) is 1. The molecule has 3 rings (SSSR count). The Kier molecular flexibility index (Phi) is 3.10. The van der Waals surface area contributed by atoms with Crippen molar-refractivity contribution in [2.75, 3.05) is 5.32 Å². The van der Waals surface area contributed by atoms with Crippen LogP contribution in [0.3, 0.4) is 0 Å². The molecule has 1 atom stereocenters. The summed E-state index contributed by atoms with van der Waals surface area (Å²) in [6.45, 7) is 0. The molecule has 98 valence electrons. The molecule has 0 radical (unpaired) electrons. The normalized spacial score (nSPS) is 15.8. The van der Waals surface area contributed by atoms with Crippen molar-refractivity contribution < 1.29 is 9.53 Å². The fourth-order valence-electron chi connectivity index (χ4n) is 2.18. The molecule has 1 aliphatic heterocycles. The monoisotopic (exact) mass is 264 g/mol. The van der Waals surface area contributed by atoms with E-state index in [1.807, 2.05) is 30.3 Å². The number of nitriles is 1.